The van der Waals surface area contributed by atoms with E-state index in [1.165, 1.54) is 19.2 Å². The molecule has 0 amide bonds. The first-order valence-electron chi connectivity index (χ1n) is 4.60. The summed E-state index contributed by atoms with van der Waals surface area (Å²) >= 11 is 0. The van der Waals surface area contributed by atoms with Gasteiger partial charge in [-0.3, -0.25) is 4.84 Å². The molecule has 0 aromatic carbocycles. The van der Waals surface area contributed by atoms with Gasteiger partial charge >= 0.3 is 0 Å². The van der Waals surface area contributed by atoms with Gasteiger partial charge in [-0.1, -0.05) is 0 Å². The SMILES string of the molecule is CON(C)[C@@H]1O[C@H](CO)[C@@H](O)[C@H](O)[C@H]1O. The van der Waals surface area contributed by atoms with E-state index >= 15 is 0 Å². The van der Waals surface area contributed by atoms with Crippen LogP contribution in [0.1, 0.15) is 0 Å². The summed E-state index contributed by atoms with van der Waals surface area (Å²) in [6.45, 7) is -0.445. The molecule has 1 aliphatic rings. The summed E-state index contributed by atoms with van der Waals surface area (Å²) in [5.41, 5.74) is 0. The quantitative estimate of drug-likeness (QED) is 0.385. The molecule has 4 N–H and O–H groups in total. The summed E-state index contributed by atoms with van der Waals surface area (Å²) in [5.74, 6) is 0. The minimum atomic E-state index is -1.38. The van der Waals surface area contributed by atoms with Gasteiger partial charge in [0.25, 0.3) is 0 Å². The summed E-state index contributed by atoms with van der Waals surface area (Å²) in [4.78, 5) is 4.81. The molecule has 1 rings (SSSR count). The normalized spacial score (nSPS) is 42.2. The molecule has 15 heavy (non-hydrogen) atoms. The van der Waals surface area contributed by atoms with E-state index in [0.29, 0.717) is 0 Å². The van der Waals surface area contributed by atoms with E-state index in [-0.39, 0.29) is 0 Å². The van der Waals surface area contributed by atoms with Gasteiger partial charge < -0.3 is 25.2 Å². The molecule has 0 spiro atoms. The molecule has 0 aliphatic carbocycles. The first-order chi connectivity index (χ1) is 7.02. The second-order valence-corrected chi connectivity index (χ2v) is 3.45. The molecule has 0 aromatic rings. The summed E-state index contributed by atoms with van der Waals surface area (Å²) in [7, 11) is 2.88. The van der Waals surface area contributed by atoms with Crippen molar-refractivity contribution in [3.05, 3.63) is 0 Å². The molecule has 7 nitrogen and oxygen atoms in total. The van der Waals surface area contributed by atoms with Crippen molar-refractivity contribution in [2.75, 3.05) is 20.8 Å². The van der Waals surface area contributed by atoms with Gasteiger partial charge in [-0.05, 0) is 0 Å². The Hall–Kier alpha value is -0.280. The van der Waals surface area contributed by atoms with Crippen LogP contribution in [0, 0.1) is 0 Å². The average molecular weight is 223 g/mol. The molecule has 0 saturated carbocycles. The molecular formula is C8H17NO6. The number of likely N-dealkylation sites (N-methyl/N-ethyl adjacent to an activating group) is 1. The Morgan fingerprint density at radius 2 is 1.80 bits per heavy atom. The summed E-state index contributed by atoms with van der Waals surface area (Å²) in [6.07, 6.45) is -5.85. The predicted octanol–water partition coefficient (Wildman–Crippen LogP) is -2.72. The topological polar surface area (TPSA) is 103 Å². The lowest BCUT2D eigenvalue weighted by Crippen LogP contribution is -2.62. The van der Waals surface area contributed by atoms with Crippen LogP contribution in [0.15, 0.2) is 0 Å². The van der Waals surface area contributed by atoms with E-state index in [1.54, 1.807) is 0 Å². The smallest absolute Gasteiger partial charge is 0.161 e. The molecule has 1 saturated heterocycles. The second-order valence-electron chi connectivity index (χ2n) is 3.45. The number of aliphatic hydroxyl groups excluding tert-OH is 4. The molecule has 1 fully saturated rings. The Kier molecular flexibility index (Phi) is 4.41. The van der Waals surface area contributed by atoms with Crippen LogP contribution in [-0.2, 0) is 9.57 Å². The third-order valence-electron chi connectivity index (χ3n) is 2.51. The van der Waals surface area contributed by atoms with Crippen LogP contribution in [0.4, 0.5) is 0 Å². The number of rotatable bonds is 3. The maximum Gasteiger partial charge on any atom is 0.161 e. The second kappa shape index (κ2) is 5.17. The molecule has 0 radical (unpaired) electrons. The number of aliphatic hydroxyl groups is 4. The van der Waals surface area contributed by atoms with Crippen molar-refractivity contribution >= 4 is 0 Å². The van der Waals surface area contributed by atoms with E-state index in [4.69, 9.17) is 14.7 Å². The molecule has 0 aromatic heterocycles. The minimum Gasteiger partial charge on any atom is -0.394 e. The van der Waals surface area contributed by atoms with Crippen molar-refractivity contribution < 1.29 is 30.0 Å². The maximum atomic E-state index is 9.58. The Balaban J connectivity index is 2.74. The van der Waals surface area contributed by atoms with Gasteiger partial charge in [0, 0.05) is 7.05 Å². The molecular weight excluding hydrogens is 206 g/mol. The number of ether oxygens (including phenoxy) is 1. The number of hydroxylamine groups is 2. The summed E-state index contributed by atoms with van der Waals surface area (Å²) in [6, 6.07) is 0. The van der Waals surface area contributed by atoms with Gasteiger partial charge in [-0.25, -0.2) is 0 Å². The van der Waals surface area contributed by atoms with Crippen LogP contribution < -0.4 is 0 Å². The van der Waals surface area contributed by atoms with Gasteiger partial charge in [0.15, 0.2) is 6.23 Å². The lowest BCUT2D eigenvalue weighted by atomic mass is 9.98. The first-order valence-corrected chi connectivity index (χ1v) is 4.60. The maximum absolute atomic E-state index is 9.58. The Morgan fingerprint density at radius 3 is 2.27 bits per heavy atom. The van der Waals surface area contributed by atoms with E-state index in [1.807, 2.05) is 0 Å². The molecule has 0 unspecified atom stereocenters. The fourth-order valence-electron chi connectivity index (χ4n) is 1.49. The highest BCUT2D eigenvalue weighted by Crippen LogP contribution is 2.22. The zero-order valence-corrected chi connectivity index (χ0v) is 8.65. The minimum absolute atomic E-state index is 0.445. The van der Waals surface area contributed by atoms with Gasteiger partial charge in [0.05, 0.1) is 13.7 Å². The number of hydrogen-bond acceptors (Lipinski definition) is 7. The van der Waals surface area contributed by atoms with Crippen LogP contribution >= 0.6 is 0 Å². The standard InChI is InChI=1S/C8H17NO6/c1-9(14-2)8-7(13)6(12)5(11)4(3-10)15-8/h4-8,10-13H,3H2,1-2H3/t4-,5-,6+,7-,8-/m1/s1. The van der Waals surface area contributed by atoms with Crippen molar-refractivity contribution in [3.8, 4) is 0 Å². The number of hydrogen-bond donors (Lipinski definition) is 4. The van der Waals surface area contributed by atoms with E-state index in [9.17, 15) is 15.3 Å². The van der Waals surface area contributed by atoms with Crippen molar-refractivity contribution in [2.24, 2.45) is 0 Å². The lowest BCUT2D eigenvalue weighted by molar-refractivity contribution is -0.320. The van der Waals surface area contributed by atoms with Crippen LogP contribution in [-0.4, -0.2) is 76.9 Å². The molecule has 90 valence electrons. The number of nitrogens with zero attached hydrogens (tertiary/aromatic N) is 1. The highest BCUT2D eigenvalue weighted by molar-refractivity contribution is 4.90. The van der Waals surface area contributed by atoms with Crippen molar-refractivity contribution in [3.63, 3.8) is 0 Å². The van der Waals surface area contributed by atoms with E-state index < -0.39 is 37.3 Å². The van der Waals surface area contributed by atoms with E-state index in [0.717, 1.165) is 0 Å². The molecule has 0 bridgehead atoms. The van der Waals surface area contributed by atoms with Crippen LogP contribution in [0.3, 0.4) is 0 Å². The molecule has 7 heteroatoms. The van der Waals surface area contributed by atoms with Crippen LogP contribution in [0.25, 0.3) is 0 Å². The average Bonchev–Trinajstić information content (AvgIpc) is 2.25. The van der Waals surface area contributed by atoms with Crippen molar-refractivity contribution in [1.82, 2.24) is 5.06 Å². The lowest BCUT2D eigenvalue weighted by Gasteiger charge is -2.42. The Labute approximate surface area is 87.4 Å². The zero-order chi connectivity index (χ0) is 11.6. The fourth-order valence-corrected chi connectivity index (χ4v) is 1.49. The monoisotopic (exact) mass is 223 g/mol. The van der Waals surface area contributed by atoms with Gasteiger partial charge in [0.1, 0.15) is 24.4 Å². The van der Waals surface area contributed by atoms with Gasteiger partial charge in [-0.2, -0.15) is 5.06 Å². The molecule has 1 aliphatic heterocycles. The fraction of sp³-hybridized carbons (Fsp3) is 1.00. The summed E-state index contributed by atoms with van der Waals surface area (Å²) < 4.78 is 5.17. The largest absolute Gasteiger partial charge is 0.394 e. The summed E-state index contributed by atoms with van der Waals surface area (Å²) in [5, 5.41) is 38.6. The van der Waals surface area contributed by atoms with Crippen LogP contribution in [0.5, 0.6) is 0 Å². The Bertz CT molecular complexity index is 202. The highest BCUT2D eigenvalue weighted by atomic mass is 16.7. The van der Waals surface area contributed by atoms with Crippen molar-refractivity contribution in [1.29, 1.82) is 0 Å². The first kappa shape index (κ1) is 12.8. The van der Waals surface area contributed by atoms with E-state index in [2.05, 4.69) is 0 Å². The molecule has 5 atom stereocenters. The van der Waals surface area contributed by atoms with Gasteiger partial charge in [0.2, 0.25) is 0 Å². The third kappa shape index (κ3) is 2.45. The van der Waals surface area contributed by atoms with Crippen molar-refractivity contribution in [2.45, 2.75) is 30.6 Å². The third-order valence-corrected chi connectivity index (χ3v) is 2.51. The van der Waals surface area contributed by atoms with Crippen LogP contribution in [0.2, 0.25) is 0 Å². The zero-order valence-electron chi connectivity index (χ0n) is 8.65. The predicted molar refractivity (Wildman–Crippen MR) is 48.5 cm³/mol. The molecule has 1 heterocycles. The van der Waals surface area contributed by atoms with Gasteiger partial charge in [-0.15, -0.1) is 0 Å². The highest BCUT2D eigenvalue weighted by Gasteiger charge is 2.45. The Morgan fingerprint density at radius 1 is 1.20 bits per heavy atom.